The summed E-state index contributed by atoms with van der Waals surface area (Å²) in [4.78, 5) is 25.0. The molecule has 2 atom stereocenters. The van der Waals surface area contributed by atoms with Crippen LogP contribution in [0.2, 0.25) is 6.82 Å². The van der Waals surface area contributed by atoms with Gasteiger partial charge in [-0.15, -0.1) is 0 Å². The van der Waals surface area contributed by atoms with Crippen LogP contribution in [0.25, 0.3) is 106 Å². The summed E-state index contributed by atoms with van der Waals surface area (Å²) in [5, 5.41) is 4.75. The number of pyridine rings is 2. The number of aromatic nitrogens is 6. The molecule has 0 fully saturated rings. The van der Waals surface area contributed by atoms with Crippen molar-refractivity contribution < 1.29 is 4.74 Å². The van der Waals surface area contributed by atoms with Crippen molar-refractivity contribution in [3.05, 3.63) is 288 Å². The average molecular weight is 1070 g/mol. The van der Waals surface area contributed by atoms with Gasteiger partial charge in [-0.3, -0.25) is 9.97 Å². The first-order valence-corrected chi connectivity index (χ1v) is 28.3. The van der Waals surface area contributed by atoms with Gasteiger partial charge in [-0.1, -0.05) is 213 Å². The van der Waals surface area contributed by atoms with E-state index in [1.807, 2.05) is 86.6 Å². The van der Waals surface area contributed by atoms with Gasteiger partial charge in [0.25, 0.3) is 0 Å². The molecule has 10 aromatic carbocycles. The first kappa shape index (κ1) is 50.4. The Balaban J connectivity index is 0.000000164. The summed E-state index contributed by atoms with van der Waals surface area (Å²) < 4.78 is 9.23. The van der Waals surface area contributed by atoms with E-state index in [1.54, 1.807) is 0 Å². The summed E-state index contributed by atoms with van der Waals surface area (Å²) in [6, 6.07) is 89.2. The van der Waals surface area contributed by atoms with E-state index < -0.39 is 5.41 Å². The normalized spacial score (nSPS) is 13.5. The van der Waals surface area contributed by atoms with E-state index in [-0.39, 0.29) is 0 Å². The highest BCUT2D eigenvalue weighted by molar-refractivity contribution is 7.55. The van der Waals surface area contributed by atoms with Crippen LogP contribution in [-0.4, -0.2) is 36.5 Å². The highest BCUT2D eigenvalue weighted by atomic mass is 31.0. The maximum atomic E-state index is 6.78. The smallest absolute Gasteiger partial charge is 0.164 e. The molecule has 82 heavy (non-hydrogen) atoms. The van der Waals surface area contributed by atoms with Crippen molar-refractivity contribution >= 4 is 59.7 Å². The summed E-state index contributed by atoms with van der Waals surface area (Å²) in [5.41, 5.74) is 19.0. The van der Waals surface area contributed by atoms with Gasteiger partial charge in [-0.05, 0) is 95.8 Å². The third-order valence-corrected chi connectivity index (χ3v) is 15.7. The van der Waals surface area contributed by atoms with Crippen LogP contribution >= 0.6 is 9.12 Å². The van der Waals surface area contributed by atoms with Gasteiger partial charge < -0.3 is 9.30 Å². The van der Waals surface area contributed by atoms with Gasteiger partial charge in [0.05, 0.1) is 33.2 Å². The first-order chi connectivity index (χ1) is 40.4. The van der Waals surface area contributed by atoms with Crippen LogP contribution in [0, 0.1) is 13.8 Å². The molecule has 0 aliphatic carbocycles. The molecule has 16 rings (SSSR count). The highest BCUT2D eigenvalue weighted by Gasteiger charge is 2.50. The Labute approximate surface area is 479 Å². The van der Waals surface area contributed by atoms with E-state index in [0.29, 0.717) is 17.5 Å². The summed E-state index contributed by atoms with van der Waals surface area (Å²) in [6.45, 7) is 7.99. The number of ether oxygens (including phenoxy) is 1. The SMILES string of the molecule is C[B]P.Cc1cc(-c2ccccc2)c2ccc3c(-c4ccccc4)cc(C)nc3c2n1.c1ccc(-c2nc(-c3ccccc3)nc(-c3ccc4c(c3)C3(c5ccccc5O4)c4ccccc4-n4c5ccccc5c5cccc3c54)n2)cc1. The Morgan fingerprint density at radius 3 is 1.41 bits per heavy atom. The second kappa shape index (κ2) is 21.0. The fraction of sp³-hybridized carbons (Fsp3) is 0.0548. The van der Waals surface area contributed by atoms with Crippen LogP contribution in [0.4, 0.5) is 0 Å². The zero-order valence-corrected chi connectivity index (χ0v) is 46.6. The molecule has 0 N–H and O–H groups in total. The Bertz CT molecular complexity index is 4590. The molecule has 0 saturated heterocycles. The Kier molecular flexibility index (Phi) is 12.9. The largest absolute Gasteiger partial charge is 0.457 e. The summed E-state index contributed by atoms with van der Waals surface area (Å²) in [7, 11) is 2.45. The summed E-state index contributed by atoms with van der Waals surface area (Å²) in [6.07, 6.45) is 0. The van der Waals surface area contributed by atoms with Gasteiger partial charge in [0.1, 0.15) is 18.5 Å². The van der Waals surface area contributed by atoms with Crippen LogP contribution in [-0.2, 0) is 5.41 Å². The number of fused-ring (bicyclic) bond motifs is 14. The molecular formula is C73H53BN6OP. The van der Waals surface area contributed by atoms with Crippen LogP contribution in [0.15, 0.2) is 255 Å². The van der Waals surface area contributed by atoms with E-state index in [9.17, 15) is 0 Å². The van der Waals surface area contributed by atoms with Gasteiger partial charge in [-0.2, -0.15) is 9.12 Å². The monoisotopic (exact) mass is 1070 g/mol. The Morgan fingerprint density at radius 2 is 0.829 bits per heavy atom. The third kappa shape index (κ3) is 8.45. The standard InChI is InChI=1S/C46H28N4O.C26H20N2.CH5BP/c1-3-14-29(15-4-1)43-47-44(30-16-5-2-6-17-30)49-45(48-43)31-26-27-41-37(28-31)46(35-21-9-12-25-40(35)51-41)34-20-8-11-24-39(34)50-38-23-10-7-18-32(38)33-19-13-22-36(46)42(33)50;1-17-15-23(19-9-5-3-6-10-19)21-13-14-22-24(20-11-7-4-8-12-20)16-18(2)28-26(22)25(21)27-17;1-2-3/h1-28H;3-16H,1-2H3;3H2,1H3. The van der Waals surface area contributed by atoms with Crippen molar-refractivity contribution in [3.63, 3.8) is 0 Å². The molecule has 389 valence electrons. The van der Waals surface area contributed by atoms with Crippen molar-refractivity contribution in [2.45, 2.75) is 26.1 Å². The topological polar surface area (TPSA) is 78.6 Å². The lowest BCUT2D eigenvalue weighted by atomic mass is 9.61. The summed E-state index contributed by atoms with van der Waals surface area (Å²) in [5.74, 6) is 3.54. The molecule has 9 heteroatoms. The molecule has 14 aromatic rings. The number of hydrogen-bond acceptors (Lipinski definition) is 6. The minimum atomic E-state index is -0.682. The number of aryl methyl sites for hydroxylation is 2. The molecule has 1 spiro atoms. The lowest BCUT2D eigenvalue weighted by molar-refractivity contribution is 0.434. The van der Waals surface area contributed by atoms with E-state index in [1.165, 1.54) is 55.2 Å². The van der Waals surface area contributed by atoms with E-state index in [4.69, 9.17) is 29.7 Å². The Morgan fingerprint density at radius 1 is 0.378 bits per heavy atom. The quantitative estimate of drug-likeness (QED) is 0.0971. The number of benzene rings is 10. The molecule has 7 nitrogen and oxygen atoms in total. The number of para-hydroxylation sites is 4. The van der Waals surface area contributed by atoms with Gasteiger partial charge in [-0.25, -0.2) is 15.0 Å². The van der Waals surface area contributed by atoms with Crippen LogP contribution in [0.3, 0.4) is 0 Å². The lowest BCUT2D eigenvalue weighted by Crippen LogP contribution is -2.37. The summed E-state index contributed by atoms with van der Waals surface area (Å²) >= 11 is 0. The van der Waals surface area contributed by atoms with Crippen LogP contribution in [0.5, 0.6) is 11.5 Å². The Hall–Kier alpha value is -9.88. The molecule has 0 saturated carbocycles. The molecule has 6 heterocycles. The second-order valence-corrected chi connectivity index (χ2v) is 21.4. The van der Waals surface area contributed by atoms with Gasteiger partial charge in [0.2, 0.25) is 0 Å². The fourth-order valence-corrected chi connectivity index (χ4v) is 12.3. The number of rotatable bonds is 5. The van der Waals surface area contributed by atoms with Gasteiger partial charge >= 0.3 is 0 Å². The van der Waals surface area contributed by atoms with Gasteiger partial charge in [0.15, 0.2) is 17.5 Å². The molecule has 4 aromatic heterocycles. The molecule has 2 aliphatic heterocycles. The second-order valence-electron chi connectivity index (χ2n) is 20.7. The highest BCUT2D eigenvalue weighted by Crippen LogP contribution is 2.60. The minimum Gasteiger partial charge on any atom is -0.457 e. The van der Waals surface area contributed by atoms with Crippen LogP contribution in [0.1, 0.15) is 33.6 Å². The van der Waals surface area contributed by atoms with Crippen molar-refractivity contribution in [1.82, 2.24) is 29.5 Å². The zero-order chi connectivity index (χ0) is 55.3. The molecule has 0 bridgehead atoms. The van der Waals surface area contributed by atoms with Crippen molar-refractivity contribution in [2.24, 2.45) is 0 Å². The van der Waals surface area contributed by atoms with E-state index in [0.717, 1.165) is 78.2 Å². The third-order valence-electron chi connectivity index (χ3n) is 15.7. The van der Waals surface area contributed by atoms with E-state index in [2.05, 4.69) is 210 Å². The average Bonchev–Trinajstić information content (AvgIpc) is 1.58. The fourth-order valence-electron chi connectivity index (χ4n) is 12.3. The molecule has 2 unspecified atom stereocenters. The molecule has 1 radical (unpaired) electrons. The molecule has 0 amide bonds. The zero-order valence-electron chi connectivity index (χ0n) is 45.5. The van der Waals surface area contributed by atoms with Gasteiger partial charge in [0, 0.05) is 60.8 Å². The maximum absolute atomic E-state index is 6.78. The maximum Gasteiger partial charge on any atom is 0.164 e. The van der Waals surface area contributed by atoms with E-state index >= 15 is 0 Å². The minimum absolute atomic E-state index is 0.607. The molecular weight excluding hydrogens is 1020 g/mol. The predicted molar refractivity (Wildman–Crippen MR) is 341 cm³/mol. The number of hydrogen-bond donors (Lipinski definition) is 0. The molecule has 2 aliphatic rings. The van der Waals surface area contributed by atoms with Crippen LogP contribution < -0.4 is 4.74 Å². The first-order valence-electron chi connectivity index (χ1n) is 27.6. The lowest BCUT2D eigenvalue weighted by Gasteiger charge is -2.45. The van der Waals surface area contributed by atoms with Crippen molar-refractivity contribution in [1.29, 1.82) is 0 Å². The van der Waals surface area contributed by atoms with Crippen molar-refractivity contribution in [2.75, 3.05) is 0 Å². The predicted octanol–water partition coefficient (Wildman–Crippen LogP) is 18.0. The van der Waals surface area contributed by atoms with Crippen molar-refractivity contribution in [3.8, 4) is 73.6 Å². The number of nitrogens with zero attached hydrogens (tertiary/aromatic N) is 6.